The largest absolute Gasteiger partial charge is 0.379 e. The lowest BCUT2D eigenvalue weighted by Crippen LogP contribution is -2.56. The van der Waals surface area contributed by atoms with Gasteiger partial charge in [-0.2, -0.15) is 0 Å². The van der Waals surface area contributed by atoms with Crippen LogP contribution in [0, 0.1) is 23.5 Å². The van der Waals surface area contributed by atoms with Gasteiger partial charge in [-0.1, -0.05) is 19.9 Å². The summed E-state index contributed by atoms with van der Waals surface area (Å²) >= 11 is 0. The van der Waals surface area contributed by atoms with Crippen molar-refractivity contribution in [1.82, 2.24) is 0 Å². The zero-order valence-corrected chi connectivity index (χ0v) is 10.7. The lowest BCUT2D eigenvalue weighted by Gasteiger charge is -2.49. The molecule has 0 aromatic heterocycles. The number of nitrogens with two attached hydrogens (primary N) is 1. The number of hydrogen-bond donors (Lipinski definition) is 1. The third-order valence-electron chi connectivity index (χ3n) is 3.98. The summed E-state index contributed by atoms with van der Waals surface area (Å²) in [6.07, 6.45) is 0. The van der Waals surface area contributed by atoms with Crippen molar-refractivity contribution in [2.24, 2.45) is 17.6 Å². The van der Waals surface area contributed by atoms with Crippen LogP contribution >= 0.6 is 0 Å². The Morgan fingerprint density at radius 1 is 1.28 bits per heavy atom. The molecule has 1 aliphatic heterocycles. The van der Waals surface area contributed by atoms with Crippen LogP contribution in [-0.2, 0) is 10.2 Å². The Balaban J connectivity index is 2.40. The fourth-order valence-electron chi connectivity index (χ4n) is 2.86. The van der Waals surface area contributed by atoms with E-state index in [0.717, 1.165) is 5.56 Å². The molecule has 1 aromatic rings. The smallest absolute Gasteiger partial charge is 0.159 e. The van der Waals surface area contributed by atoms with E-state index in [-0.39, 0.29) is 11.3 Å². The van der Waals surface area contributed by atoms with Crippen molar-refractivity contribution in [2.75, 3.05) is 19.8 Å². The van der Waals surface area contributed by atoms with E-state index in [4.69, 9.17) is 10.5 Å². The summed E-state index contributed by atoms with van der Waals surface area (Å²) < 4.78 is 31.7. The molecule has 100 valence electrons. The zero-order valence-electron chi connectivity index (χ0n) is 10.7. The van der Waals surface area contributed by atoms with Crippen molar-refractivity contribution in [1.29, 1.82) is 0 Å². The summed E-state index contributed by atoms with van der Waals surface area (Å²) in [4.78, 5) is 0. The van der Waals surface area contributed by atoms with Crippen LogP contribution in [-0.4, -0.2) is 19.8 Å². The van der Waals surface area contributed by atoms with Crippen molar-refractivity contribution in [3.05, 3.63) is 35.4 Å². The highest BCUT2D eigenvalue weighted by Crippen LogP contribution is 2.42. The van der Waals surface area contributed by atoms with Gasteiger partial charge in [0.25, 0.3) is 0 Å². The second-order valence-electron chi connectivity index (χ2n) is 5.36. The van der Waals surface area contributed by atoms with Gasteiger partial charge in [-0.25, -0.2) is 8.78 Å². The highest BCUT2D eigenvalue weighted by molar-refractivity contribution is 5.31. The molecule has 1 heterocycles. The van der Waals surface area contributed by atoms with Gasteiger partial charge in [-0.05, 0) is 36.1 Å². The monoisotopic (exact) mass is 255 g/mol. The van der Waals surface area contributed by atoms with E-state index < -0.39 is 11.6 Å². The van der Waals surface area contributed by atoms with Crippen molar-refractivity contribution in [3.63, 3.8) is 0 Å². The summed E-state index contributed by atoms with van der Waals surface area (Å²) in [5, 5.41) is 0. The van der Waals surface area contributed by atoms with Crippen molar-refractivity contribution in [3.8, 4) is 0 Å². The molecule has 0 radical (unpaired) electrons. The number of hydrogen-bond acceptors (Lipinski definition) is 2. The molecule has 0 saturated carbocycles. The van der Waals surface area contributed by atoms with Crippen molar-refractivity contribution >= 4 is 0 Å². The maximum Gasteiger partial charge on any atom is 0.159 e. The highest BCUT2D eigenvalue weighted by atomic mass is 19.2. The second-order valence-corrected chi connectivity index (χ2v) is 5.36. The molecule has 1 atom stereocenters. The van der Waals surface area contributed by atoms with Crippen LogP contribution in [0.4, 0.5) is 8.78 Å². The number of halogens is 2. The number of benzene rings is 1. The maximum absolute atomic E-state index is 13.4. The van der Waals surface area contributed by atoms with Gasteiger partial charge in [-0.15, -0.1) is 0 Å². The van der Waals surface area contributed by atoms with Crippen LogP contribution in [0.5, 0.6) is 0 Å². The first kappa shape index (κ1) is 13.4. The first-order valence-corrected chi connectivity index (χ1v) is 6.24. The van der Waals surface area contributed by atoms with Crippen LogP contribution < -0.4 is 5.73 Å². The van der Waals surface area contributed by atoms with Crippen LogP contribution in [0.3, 0.4) is 0 Å². The van der Waals surface area contributed by atoms with Gasteiger partial charge in [0.2, 0.25) is 0 Å². The minimum Gasteiger partial charge on any atom is -0.379 e. The predicted molar refractivity (Wildman–Crippen MR) is 66.2 cm³/mol. The molecule has 18 heavy (non-hydrogen) atoms. The Hall–Kier alpha value is -1.00. The molecule has 1 unspecified atom stereocenters. The molecule has 1 fully saturated rings. The quantitative estimate of drug-likeness (QED) is 0.897. The lowest BCUT2D eigenvalue weighted by molar-refractivity contribution is -0.0983. The molecule has 1 aliphatic rings. The van der Waals surface area contributed by atoms with Gasteiger partial charge in [-0.3, -0.25) is 0 Å². The molecule has 1 aromatic carbocycles. The average molecular weight is 255 g/mol. The zero-order chi connectivity index (χ0) is 13.3. The van der Waals surface area contributed by atoms with E-state index in [9.17, 15) is 8.78 Å². The van der Waals surface area contributed by atoms with E-state index in [0.29, 0.717) is 25.7 Å². The Labute approximate surface area is 106 Å². The van der Waals surface area contributed by atoms with Crippen LogP contribution in [0.2, 0.25) is 0 Å². The Morgan fingerprint density at radius 3 is 2.33 bits per heavy atom. The first-order chi connectivity index (χ1) is 8.51. The molecular weight excluding hydrogens is 236 g/mol. The standard InChI is InChI=1S/C14H19F2NO/c1-9(2)11(6-17)14(7-18-8-14)10-3-4-12(15)13(16)5-10/h3-5,9,11H,6-8,17H2,1-2H3. The minimum absolute atomic E-state index is 0.205. The number of ether oxygens (including phenoxy) is 1. The van der Waals surface area contributed by atoms with Gasteiger partial charge in [0.15, 0.2) is 11.6 Å². The van der Waals surface area contributed by atoms with Crippen LogP contribution in [0.1, 0.15) is 19.4 Å². The minimum atomic E-state index is -0.817. The summed E-state index contributed by atoms with van der Waals surface area (Å²) in [6.45, 7) is 5.76. The Bertz CT molecular complexity index is 430. The average Bonchev–Trinajstić information content (AvgIpc) is 2.26. The van der Waals surface area contributed by atoms with Crippen LogP contribution in [0.15, 0.2) is 18.2 Å². The fraction of sp³-hybridized carbons (Fsp3) is 0.571. The molecule has 0 bridgehead atoms. The third-order valence-corrected chi connectivity index (χ3v) is 3.98. The molecule has 2 rings (SSSR count). The molecule has 2 nitrogen and oxygen atoms in total. The van der Waals surface area contributed by atoms with Gasteiger partial charge in [0.05, 0.1) is 13.2 Å². The first-order valence-electron chi connectivity index (χ1n) is 6.24. The topological polar surface area (TPSA) is 35.2 Å². The molecule has 0 amide bonds. The van der Waals surface area contributed by atoms with Crippen molar-refractivity contribution in [2.45, 2.75) is 19.3 Å². The van der Waals surface area contributed by atoms with E-state index in [1.54, 1.807) is 6.07 Å². The van der Waals surface area contributed by atoms with Gasteiger partial charge in [0.1, 0.15) is 0 Å². The van der Waals surface area contributed by atoms with Crippen molar-refractivity contribution < 1.29 is 13.5 Å². The van der Waals surface area contributed by atoms with E-state index in [2.05, 4.69) is 13.8 Å². The van der Waals surface area contributed by atoms with Gasteiger partial charge in [0, 0.05) is 5.41 Å². The SMILES string of the molecule is CC(C)C(CN)C1(c2ccc(F)c(F)c2)COC1. The summed E-state index contributed by atoms with van der Waals surface area (Å²) in [6, 6.07) is 4.10. The maximum atomic E-state index is 13.4. The predicted octanol–water partition coefficient (Wildman–Crippen LogP) is 2.46. The van der Waals surface area contributed by atoms with Gasteiger partial charge < -0.3 is 10.5 Å². The molecule has 2 N–H and O–H groups in total. The van der Waals surface area contributed by atoms with E-state index in [1.165, 1.54) is 12.1 Å². The lowest BCUT2D eigenvalue weighted by atomic mass is 9.64. The van der Waals surface area contributed by atoms with E-state index >= 15 is 0 Å². The fourth-order valence-corrected chi connectivity index (χ4v) is 2.86. The third kappa shape index (κ3) is 2.04. The Morgan fingerprint density at radius 2 is 1.94 bits per heavy atom. The highest BCUT2D eigenvalue weighted by Gasteiger charge is 2.47. The summed E-state index contributed by atoms with van der Waals surface area (Å²) in [7, 11) is 0. The normalized spacial score (nSPS) is 19.7. The van der Waals surface area contributed by atoms with Gasteiger partial charge >= 0.3 is 0 Å². The second kappa shape index (κ2) is 4.94. The van der Waals surface area contributed by atoms with Crippen LogP contribution in [0.25, 0.3) is 0 Å². The summed E-state index contributed by atoms with van der Waals surface area (Å²) in [5.41, 5.74) is 6.37. The molecule has 4 heteroatoms. The Kier molecular flexibility index (Phi) is 3.69. The molecular formula is C14H19F2NO. The number of rotatable bonds is 4. The molecule has 1 saturated heterocycles. The summed E-state index contributed by atoms with van der Waals surface area (Å²) in [5.74, 6) is -1.05. The molecule has 0 aliphatic carbocycles. The molecule has 0 spiro atoms. The van der Waals surface area contributed by atoms with E-state index in [1.807, 2.05) is 0 Å².